The fourth-order valence-corrected chi connectivity index (χ4v) is 4.36. The highest BCUT2D eigenvalue weighted by atomic mass is 32.1. The van der Waals surface area contributed by atoms with Crippen molar-refractivity contribution in [2.75, 3.05) is 12.1 Å². The number of benzene rings is 1. The highest BCUT2D eigenvalue weighted by Crippen LogP contribution is 2.44. The first-order valence-corrected chi connectivity index (χ1v) is 11.0. The van der Waals surface area contributed by atoms with Gasteiger partial charge in [0, 0.05) is 18.0 Å². The summed E-state index contributed by atoms with van der Waals surface area (Å²) < 4.78 is 6.07. The molecule has 0 bridgehead atoms. The maximum Gasteiger partial charge on any atom is 0.352 e. The van der Waals surface area contributed by atoms with Crippen LogP contribution in [0.3, 0.4) is 0 Å². The van der Waals surface area contributed by atoms with Crippen LogP contribution in [0.5, 0.6) is 5.19 Å². The zero-order chi connectivity index (χ0) is 21.3. The fraction of sp³-hybridized carbons (Fsp3) is 0.364. The van der Waals surface area contributed by atoms with Gasteiger partial charge in [0.05, 0.1) is 11.4 Å². The van der Waals surface area contributed by atoms with E-state index >= 15 is 0 Å². The van der Waals surface area contributed by atoms with Gasteiger partial charge in [-0.1, -0.05) is 41.2 Å². The van der Waals surface area contributed by atoms with Gasteiger partial charge in [0.1, 0.15) is 6.61 Å². The van der Waals surface area contributed by atoms with Gasteiger partial charge in [0.15, 0.2) is 0 Å². The van der Waals surface area contributed by atoms with Crippen LogP contribution in [-0.2, 0) is 6.61 Å². The van der Waals surface area contributed by atoms with Gasteiger partial charge in [-0.05, 0) is 55.7 Å². The van der Waals surface area contributed by atoms with Crippen molar-refractivity contribution in [3.8, 4) is 5.19 Å². The molecule has 0 aliphatic heterocycles. The molecule has 1 heterocycles. The lowest BCUT2D eigenvalue weighted by Crippen LogP contribution is -2.49. The monoisotopic (exact) mass is 425 g/mol. The summed E-state index contributed by atoms with van der Waals surface area (Å²) in [6.45, 7) is 2.44. The summed E-state index contributed by atoms with van der Waals surface area (Å²) in [6, 6.07) is 5.33. The third-order valence-electron chi connectivity index (χ3n) is 5.50. The molecule has 2 aliphatic rings. The predicted octanol–water partition coefficient (Wildman–Crippen LogP) is 4.33. The van der Waals surface area contributed by atoms with Crippen LogP contribution in [0.1, 0.15) is 55.3 Å². The molecule has 0 atom stereocenters. The van der Waals surface area contributed by atoms with Crippen LogP contribution in [0.4, 0.5) is 10.5 Å². The molecule has 0 radical (unpaired) electrons. The fourth-order valence-electron chi connectivity index (χ4n) is 3.69. The molecule has 2 amide bonds. The molecule has 0 spiro atoms. The number of ether oxygens (including phenoxy) is 1. The topological polar surface area (TPSA) is 97.7 Å². The number of aromatic nitrogens is 1. The second-order valence-corrected chi connectivity index (χ2v) is 8.63. The van der Waals surface area contributed by atoms with Gasteiger partial charge < -0.3 is 4.74 Å². The highest BCUT2D eigenvalue weighted by molar-refractivity contribution is 7.11. The Morgan fingerprint density at radius 2 is 2.13 bits per heavy atom. The van der Waals surface area contributed by atoms with Crippen molar-refractivity contribution in [1.82, 2.24) is 9.99 Å². The largest absolute Gasteiger partial charge is 0.465 e. The number of allylic oxidation sites excluding steroid dienone is 4. The molecule has 158 valence electrons. The lowest BCUT2D eigenvalue weighted by Gasteiger charge is -2.24. The van der Waals surface area contributed by atoms with Crippen molar-refractivity contribution < 1.29 is 9.53 Å². The summed E-state index contributed by atoms with van der Waals surface area (Å²) in [7, 11) is 1.47. The van der Waals surface area contributed by atoms with Crippen molar-refractivity contribution in [3.63, 3.8) is 0 Å². The number of nitrogens with two attached hydrogens (primary N) is 2. The number of hydrazine groups is 2. The number of carbonyl (C=O) groups excluding carboxylic acids is 1. The molecular weight excluding hydrogens is 398 g/mol. The van der Waals surface area contributed by atoms with E-state index in [1.54, 1.807) is 0 Å². The molecule has 1 aromatic heterocycles. The van der Waals surface area contributed by atoms with E-state index in [9.17, 15) is 4.79 Å². The Hall–Kier alpha value is -2.68. The smallest absolute Gasteiger partial charge is 0.352 e. The number of anilines is 1. The second-order valence-electron chi connectivity index (χ2n) is 7.81. The summed E-state index contributed by atoms with van der Waals surface area (Å²) in [5, 5.41) is 4.68. The van der Waals surface area contributed by atoms with Gasteiger partial charge in [-0.25, -0.2) is 26.5 Å². The first-order chi connectivity index (χ1) is 14.5. The summed E-state index contributed by atoms with van der Waals surface area (Å²) in [5.41, 5.74) is 6.14. The number of urea groups is 1. The average molecular weight is 426 g/mol. The Labute approximate surface area is 180 Å². The molecule has 7 nitrogen and oxygen atoms in total. The zero-order valence-electron chi connectivity index (χ0n) is 17.3. The molecule has 2 aromatic rings. The van der Waals surface area contributed by atoms with E-state index in [2.05, 4.69) is 30.1 Å². The number of nitrogens with zero attached hydrogens (tertiary/aromatic N) is 3. The van der Waals surface area contributed by atoms with Crippen LogP contribution in [0.2, 0.25) is 0 Å². The van der Waals surface area contributed by atoms with Crippen molar-refractivity contribution in [1.29, 1.82) is 0 Å². The SMILES string of the molecule is CC1=C(c2csc(OCc3c(C4CC4)cccc3N(N)C(=O)N(C)N)n2)C=CCC1. The zero-order valence-corrected chi connectivity index (χ0v) is 18.1. The summed E-state index contributed by atoms with van der Waals surface area (Å²) in [4.78, 5) is 17.0. The van der Waals surface area contributed by atoms with E-state index in [-0.39, 0.29) is 6.61 Å². The second kappa shape index (κ2) is 8.59. The van der Waals surface area contributed by atoms with Gasteiger partial charge in [-0.15, -0.1) is 0 Å². The molecule has 30 heavy (non-hydrogen) atoms. The predicted molar refractivity (Wildman–Crippen MR) is 120 cm³/mol. The number of amides is 2. The van der Waals surface area contributed by atoms with Crippen LogP contribution in [-0.4, -0.2) is 23.1 Å². The molecule has 1 aromatic carbocycles. The van der Waals surface area contributed by atoms with Crippen molar-refractivity contribution in [2.45, 2.75) is 45.1 Å². The molecule has 4 N–H and O–H groups in total. The Morgan fingerprint density at radius 3 is 2.83 bits per heavy atom. The molecular formula is C22H27N5O2S. The Bertz CT molecular complexity index is 1010. The Kier molecular flexibility index (Phi) is 5.90. The van der Waals surface area contributed by atoms with E-state index in [0.29, 0.717) is 16.8 Å². The molecule has 1 saturated carbocycles. The summed E-state index contributed by atoms with van der Waals surface area (Å²) >= 11 is 1.48. The van der Waals surface area contributed by atoms with Crippen LogP contribution in [0.25, 0.3) is 5.57 Å². The van der Waals surface area contributed by atoms with E-state index in [0.717, 1.165) is 47.0 Å². The number of carbonyl (C=O) groups is 1. The first-order valence-electron chi connectivity index (χ1n) is 10.1. The van der Waals surface area contributed by atoms with Crippen LogP contribution in [0, 0.1) is 0 Å². The van der Waals surface area contributed by atoms with E-state index in [1.807, 2.05) is 17.5 Å². The minimum atomic E-state index is -0.493. The van der Waals surface area contributed by atoms with Gasteiger partial charge in [-0.3, -0.25) is 5.01 Å². The number of hydrogen-bond acceptors (Lipinski definition) is 6. The first kappa shape index (κ1) is 20.6. The van der Waals surface area contributed by atoms with Gasteiger partial charge in [0.2, 0.25) is 0 Å². The third-order valence-corrected chi connectivity index (χ3v) is 6.25. The van der Waals surface area contributed by atoms with Crippen LogP contribution in [0.15, 0.2) is 41.3 Å². The summed E-state index contributed by atoms with van der Waals surface area (Å²) in [6.07, 6.45) is 8.73. The standard InChI is InChI=1S/C22H27N5O2S/c1-14-6-3-4-7-16(14)19-13-30-21(25-19)29-12-18-17(15-10-11-15)8-5-9-20(18)27(24)22(28)26(2)23/h4-5,7-9,13,15H,3,6,10-12,23-24H2,1-2H3. The lowest BCUT2D eigenvalue weighted by molar-refractivity contribution is 0.216. The van der Waals surface area contributed by atoms with E-state index in [4.69, 9.17) is 16.4 Å². The molecule has 8 heteroatoms. The van der Waals surface area contributed by atoms with E-state index < -0.39 is 6.03 Å². The lowest BCUT2D eigenvalue weighted by atomic mass is 9.97. The normalized spacial score (nSPS) is 16.0. The average Bonchev–Trinajstić information content (AvgIpc) is 3.49. The molecule has 1 fully saturated rings. The molecule has 4 rings (SSSR count). The maximum atomic E-state index is 12.3. The van der Waals surface area contributed by atoms with Gasteiger partial charge in [0.25, 0.3) is 5.19 Å². The molecule has 0 unspecified atom stereocenters. The third kappa shape index (κ3) is 4.26. The minimum absolute atomic E-state index is 0.290. The van der Waals surface area contributed by atoms with Crippen molar-refractivity contribution in [2.24, 2.45) is 11.7 Å². The van der Waals surface area contributed by atoms with Gasteiger partial charge in [-0.2, -0.15) is 0 Å². The number of rotatable bonds is 6. The Morgan fingerprint density at radius 1 is 1.33 bits per heavy atom. The quantitative estimate of drug-likeness (QED) is 0.408. The maximum absolute atomic E-state index is 12.3. The van der Waals surface area contributed by atoms with Gasteiger partial charge >= 0.3 is 6.03 Å². The number of thiazole rings is 1. The highest BCUT2D eigenvalue weighted by Gasteiger charge is 2.29. The van der Waals surface area contributed by atoms with Crippen molar-refractivity contribution >= 4 is 28.6 Å². The minimum Gasteiger partial charge on any atom is -0.465 e. The summed E-state index contributed by atoms with van der Waals surface area (Å²) in [5.74, 6) is 12.2. The van der Waals surface area contributed by atoms with Crippen LogP contribution >= 0.6 is 11.3 Å². The van der Waals surface area contributed by atoms with Crippen molar-refractivity contribution in [3.05, 3.63) is 58.1 Å². The van der Waals surface area contributed by atoms with Crippen LogP contribution < -0.4 is 21.4 Å². The number of hydrogen-bond donors (Lipinski definition) is 2. The van der Waals surface area contributed by atoms with E-state index in [1.165, 1.54) is 35.1 Å². The molecule has 2 aliphatic carbocycles. The Balaban J connectivity index is 1.57. The molecule has 0 saturated heterocycles.